The number of hydrogen-bond acceptors (Lipinski definition) is 8. The highest BCUT2D eigenvalue weighted by Gasteiger charge is 2.30. The van der Waals surface area contributed by atoms with Gasteiger partial charge in [-0.05, 0) is 13.0 Å². The molecule has 8 nitrogen and oxygen atoms in total. The van der Waals surface area contributed by atoms with Crippen LogP contribution in [0.3, 0.4) is 0 Å². The highest BCUT2D eigenvalue weighted by Crippen LogP contribution is 2.42. The van der Waals surface area contributed by atoms with Crippen molar-refractivity contribution < 1.29 is 33.6 Å². The zero-order valence-corrected chi connectivity index (χ0v) is 15.4. The summed E-state index contributed by atoms with van der Waals surface area (Å²) in [5.41, 5.74) is -0.269. The molecule has 0 radical (unpaired) electrons. The summed E-state index contributed by atoms with van der Waals surface area (Å²) < 4.78 is 21.2. The van der Waals surface area contributed by atoms with Crippen LogP contribution in [0.1, 0.15) is 36.3 Å². The van der Waals surface area contributed by atoms with Crippen molar-refractivity contribution >= 4 is 5.97 Å². The van der Waals surface area contributed by atoms with Gasteiger partial charge < -0.3 is 28.8 Å². The van der Waals surface area contributed by atoms with Gasteiger partial charge in [0.1, 0.15) is 12.4 Å². The number of rotatable bonds is 8. The molecule has 0 saturated carbocycles. The lowest BCUT2D eigenvalue weighted by Crippen LogP contribution is -2.15. The van der Waals surface area contributed by atoms with Gasteiger partial charge in [-0.1, -0.05) is 12.1 Å². The fourth-order valence-electron chi connectivity index (χ4n) is 2.79. The molecule has 0 spiro atoms. The lowest BCUT2D eigenvalue weighted by Gasteiger charge is -2.21. The van der Waals surface area contributed by atoms with E-state index in [9.17, 15) is 19.8 Å². The average molecular weight is 378 g/mol. The zero-order chi connectivity index (χ0) is 20.0. The molecule has 0 aliphatic heterocycles. The van der Waals surface area contributed by atoms with E-state index in [0.717, 1.165) is 6.07 Å². The summed E-state index contributed by atoms with van der Waals surface area (Å²) >= 11 is 0. The molecule has 0 bridgehead atoms. The number of para-hydroxylation sites is 1. The Kier molecular flexibility index (Phi) is 6.84. The van der Waals surface area contributed by atoms with Gasteiger partial charge in [0.05, 0.1) is 33.2 Å². The van der Waals surface area contributed by atoms with Gasteiger partial charge in [0.2, 0.25) is 11.2 Å². The lowest BCUT2D eigenvalue weighted by molar-refractivity contribution is -0.143. The van der Waals surface area contributed by atoms with E-state index >= 15 is 0 Å². The number of carbonyl (C=O) groups is 1. The average Bonchev–Trinajstić information content (AvgIpc) is 2.67. The first-order chi connectivity index (χ1) is 13.0. The van der Waals surface area contributed by atoms with E-state index in [0.29, 0.717) is 17.1 Å². The Morgan fingerprint density at radius 1 is 1.26 bits per heavy atom. The second-order valence-electron chi connectivity index (χ2n) is 5.59. The van der Waals surface area contributed by atoms with Crippen LogP contribution in [0.5, 0.6) is 17.2 Å². The number of aromatic hydroxyl groups is 1. The highest BCUT2D eigenvalue weighted by molar-refractivity contribution is 5.72. The predicted molar refractivity (Wildman–Crippen MR) is 95.2 cm³/mol. The molecule has 1 aromatic carbocycles. The van der Waals surface area contributed by atoms with E-state index < -0.39 is 29.7 Å². The molecule has 0 fully saturated rings. The molecule has 146 valence electrons. The second kappa shape index (κ2) is 9.09. The summed E-state index contributed by atoms with van der Waals surface area (Å²) in [6, 6.07) is 6.00. The van der Waals surface area contributed by atoms with Gasteiger partial charge in [-0.25, -0.2) is 0 Å². The Morgan fingerprint density at radius 3 is 2.59 bits per heavy atom. The maximum Gasteiger partial charge on any atom is 0.306 e. The van der Waals surface area contributed by atoms with E-state index in [1.54, 1.807) is 25.1 Å². The van der Waals surface area contributed by atoms with Crippen molar-refractivity contribution in [3.05, 3.63) is 51.6 Å². The van der Waals surface area contributed by atoms with Crippen LogP contribution in [0.15, 0.2) is 33.5 Å². The van der Waals surface area contributed by atoms with Crippen molar-refractivity contribution in [2.45, 2.75) is 25.9 Å². The maximum atomic E-state index is 12.2. The summed E-state index contributed by atoms with van der Waals surface area (Å²) in [7, 11) is 2.90. The molecular formula is C19H22O8. The fourth-order valence-corrected chi connectivity index (χ4v) is 2.79. The Balaban J connectivity index is 2.69. The van der Waals surface area contributed by atoms with Crippen LogP contribution in [0, 0.1) is 0 Å². The normalized spacial score (nSPS) is 11.7. The quantitative estimate of drug-likeness (QED) is 0.670. The third-order valence-corrected chi connectivity index (χ3v) is 3.96. The predicted octanol–water partition coefficient (Wildman–Crippen LogP) is 1.94. The van der Waals surface area contributed by atoms with E-state index in [1.165, 1.54) is 14.2 Å². The summed E-state index contributed by atoms with van der Waals surface area (Å²) in [4.78, 5) is 24.2. The molecule has 1 unspecified atom stereocenters. The van der Waals surface area contributed by atoms with Gasteiger partial charge in [-0.15, -0.1) is 0 Å². The number of methoxy groups -OCH3 is 2. The van der Waals surface area contributed by atoms with E-state index in [2.05, 4.69) is 0 Å². The number of hydrogen-bond donors (Lipinski definition) is 2. The standard InChI is InChI=1S/C19H22O8/c1-4-26-16(22)9-13(12-6-5-7-15(24-2)18(12)25-3)19-17(23)14(21)8-11(10-20)27-19/h5-8,13,20,23H,4,9-10H2,1-3H3. The van der Waals surface area contributed by atoms with Crippen molar-refractivity contribution in [2.24, 2.45) is 0 Å². The highest BCUT2D eigenvalue weighted by atomic mass is 16.5. The molecule has 2 aromatic rings. The van der Waals surface area contributed by atoms with Crippen LogP contribution in [-0.2, 0) is 16.1 Å². The topological polar surface area (TPSA) is 115 Å². The SMILES string of the molecule is CCOC(=O)CC(c1cccc(OC)c1OC)c1oc(CO)cc(=O)c1O. The van der Waals surface area contributed by atoms with Crippen molar-refractivity contribution in [3.63, 3.8) is 0 Å². The van der Waals surface area contributed by atoms with Crippen LogP contribution in [0.2, 0.25) is 0 Å². The molecule has 0 aliphatic carbocycles. The Morgan fingerprint density at radius 2 is 2.00 bits per heavy atom. The molecule has 8 heteroatoms. The molecule has 2 rings (SSSR count). The maximum absolute atomic E-state index is 12.2. The van der Waals surface area contributed by atoms with Crippen LogP contribution in [0.25, 0.3) is 0 Å². The van der Waals surface area contributed by atoms with Gasteiger partial charge in [-0.3, -0.25) is 9.59 Å². The fraction of sp³-hybridized carbons (Fsp3) is 0.368. The zero-order valence-electron chi connectivity index (χ0n) is 15.4. The number of ether oxygens (including phenoxy) is 3. The second-order valence-corrected chi connectivity index (χ2v) is 5.59. The van der Waals surface area contributed by atoms with Crippen LogP contribution >= 0.6 is 0 Å². The molecule has 1 atom stereocenters. The lowest BCUT2D eigenvalue weighted by atomic mass is 9.91. The molecule has 27 heavy (non-hydrogen) atoms. The molecule has 1 heterocycles. The van der Waals surface area contributed by atoms with Crippen molar-refractivity contribution in [3.8, 4) is 17.2 Å². The van der Waals surface area contributed by atoms with Crippen LogP contribution in [-0.4, -0.2) is 37.0 Å². The monoisotopic (exact) mass is 378 g/mol. The van der Waals surface area contributed by atoms with Gasteiger partial charge in [-0.2, -0.15) is 0 Å². The van der Waals surface area contributed by atoms with E-state index in [1.807, 2.05) is 0 Å². The van der Waals surface area contributed by atoms with E-state index in [-0.39, 0.29) is 24.5 Å². The third kappa shape index (κ3) is 4.40. The van der Waals surface area contributed by atoms with Crippen LogP contribution < -0.4 is 14.9 Å². The van der Waals surface area contributed by atoms with Gasteiger partial charge >= 0.3 is 5.97 Å². The molecule has 0 aliphatic rings. The minimum atomic E-state index is -0.895. The number of carbonyl (C=O) groups excluding carboxylic acids is 1. The number of aliphatic hydroxyl groups is 1. The molecule has 1 aromatic heterocycles. The summed E-state index contributed by atoms with van der Waals surface area (Å²) in [5.74, 6) is -1.56. The molecule has 0 saturated heterocycles. The van der Waals surface area contributed by atoms with Gasteiger partial charge in [0, 0.05) is 11.6 Å². The smallest absolute Gasteiger partial charge is 0.306 e. The molecular weight excluding hydrogens is 356 g/mol. The van der Waals surface area contributed by atoms with Crippen molar-refractivity contribution in [1.82, 2.24) is 0 Å². The van der Waals surface area contributed by atoms with Crippen LogP contribution in [0.4, 0.5) is 0 Å². The number of aliphatic hydroxyl groups excluding tert-OH is 1. The Hall–Kier alpha value is -3.00. The number of benzene rings is 1. The number of esters is 1. The first kappa shape index (κ1) is 20.3. The van der Waals surface area contributed by atoms with Gasteiger partial charge in [0.15, 0.2) is 17.3 Å². The van der Waals surface area contributed by atoms with Crippen molar-refractivity contribution in [2.75, 3.05) is 20.8 Å². The molecule has 0 amide bonds. The minimum Gasteiger partial charge on any atom is -0.502 e. The molecule has 2 N–H and O–H groups in total. The first-order valence-electron chi connectivity index (χ1n) is 8.30. The van der Waals surface area contributed by atoms with E-state index in [4.69, 9.17) is 18.6 Å². The van der Waals surface area contributed by atoms with Gasteiger partial charge in [0.25, 0.3) is 0 Å². The summed E-state index contributed by atoms with van der Waals surface area (Å²) in [6.45, 7) is 1.31. The third-order valence-electron chi connectivity index (χ3n) is 3.96. The first-order valence-corrected chi connectivity index (χ1v) is 8.30. The Bertz CT molecular complexity index is 855. The van der Waals surface area contributed by atoms with Crippen molar-refractivity contribution in [1.29, 1.82) is 0 Å². The minimum absolute atomic E-state index is 0.0384. The largest absolute Gasteiger partial charge is 0.502 e. The Labute approximate surface area is 155 Å². The summed E-state index contributed by atoms with van der Waals surface area (Å²) in [6.07, 6.45) is -0.219. The summed E-state index contributed by atoms with van der Waals surface area (Å²) in [5, 5.41) is 19.6.